The van der Waals surface area contributed by atoms with Gasteiger partial charge < -0.3 is 10.1 Å². The van der Waals surface area contributed by atoms with Gasteiger partial charge in [-0.15, -0.1) is 0 Å². The fourth-order valence-electron chi connectivity index (χ4n) is 2.45. The standard InChI is InChI=1S/C20H18ClN3O3/c1-14-10-11-23-24(14)18-8-4-16(5-9-18)20(26)27-13-19(25)22-12-15-2-6-17(21)7-3-15/h2-11H,12-13H2,1H3,(H,22,25). The number of rotatable bonds is 6. The van der Waals surface area contributed by atoms with Crippen LogP contribution in [0.4, 0.5) is 0 Å². The summed E-state index contributed by atoms with van der Waals surface area (Å²) in [5.41, 5.74) is 3.11. The van der Waals surface area contributed by atoms with Gasteiger partial charge in [-0.05, 0) is 55.0 Å². The van der Waals surface area contributed by atoms with Crippen molar-refractivity contribution in [3.05, 3.63) is 82.6 Å². The Kier molecular flexibility index (Phi) is 5.88. The summed E-state index contributed by atoms with van der Waals surface area (Å²) in [5.74, 6) is -0.928. The first-order valence-corrected chi connectivity index (χ1v) is 8.70. The number of aryl methyl sites for hydroxylation is 1. The smallest absolute Gasteiger partial charge is 0.338 e. The molecule has 1 aromatic heterocycles. The van der Waals surface area contributed by atoms with Crippen LogP contribution in [0, 0.1) is 6.92 Å². The second kappa shape index (κ2) is 8.51. The van der Waals surface area contributed by atoms with E-state index < -0.39 is 5.97 Å². The lowest BCUT2D eigenvalue weighted by molar-refractivity contribution is -0.124. The Morgan fingerprint density at radius 3 is 2.41 bits per heavy atom. The number of nitrogens with one attached hydrogen (secondary N) is 1. The second-order valence-electron chi connectivity index (χ2n) is 5.91. The molecule has 2 aromatic carbocycles. The van der Waals surface area contributed by atoms with Crippen molar-refractivity contribution >= 4 is 23.5 Å². The lowest BCUT2D eigenvalue weighted by Crippen LogP contribution is -2.28. The minimum absolute atomic E-state index is 0.339. The van der Waals surface area contributed by atoms with E-state index in [0.717, 1.165) is 16.9 Å². The van der Waals surface area contributed by atoms with Crippen LogP contribution in [0.25, 0.3) is 5.69 Å². The molecule has 0 radical (unpaired) electrons. The van der Waals surface area contributed by atoms with Gasteiger partial charge in [0.1, 0.15) is 0 Å². The van der Waals surface area contributed by atoms with Crippen molar-refractivity contribution in [2.75, 3.05) is 6.61 Å². The van der Waals surface area contributed by atoms with Gasteiger partial charge in [0.15, 0.2) is 6.61 Å². The molecule has 138 valence electrons. The van der Waals surface area contributed by atoms with E-state index in [1.165, 1.54) is 0 Å². The number of esters is 1. The maximum absolute atomic E-state index is 12.1. The number of benzene rings is 2. The van der Waals surface area contributed by atoms with Crippen molar-refractivity contribution in [2.45, 2.75) is 13.5 Å². The van der Waals surface area contributed by atoms with Gasteiger partial charge in [-0.3, -0.25) is 4.79 Å². The minimum Gasteiger partial charge on any atom is -0.452 e. The molecule has 0 bridgehead atoms. The Morgan fingerprint density at radius 2 is 1.78 bits per heavy atom. The van der Waals surface area contributed by atoms with Crippen LogP contribution in [0.5, 0.6) is 0 Å². The van der Waals surface area contributed by atoms with Crippen LogP contribution < -0.4 is 5.32 Å². The normalized spacial score (nSPS) is 10.4. The maximum Gasteiger partial charge on any atom is 0.338 e. The van der Waals surface area contributed by atoms with Gasteiger partial charge in [-0.1, -0.05) is 23.7 Å². The Morgan fingerprint density at radius 1 is 1.07 bits per heavy atom. The zero-order valence-electron chi connectivity index (χ0n) is 14.7. The monoisotopic (exact) mass is 383 g/mol. The third-order valence-corrected chi connectivity index (χ3v) is 4.17. The Bertz CT molecular complexity index is 934. The van der Waals surface area contributed by atoms with Crippen molar-refractivity contribution in [1.82, 2.24) is 15.1 Å². The molecule has 0 spiro atoms. The highest BCUT2D eigenvalue weighted by molar-refractivity contribution is 6.30. The third-order valence-electron chi connectivity index (χ3n) is 3.92. The zero-order valence-corrected chi connectivity index (χ0v) is 15.4. The number of hydrogen-bond acceptors (Lipinski definition) is 4. The number of hydrogen-bond donors (Lipinski definition) is 1. The quantitative estimate of drug-likeness (QED) is 0.663. The molecule has 0 saturated heterocycles. The van der Waals surface area contributed by atoms with Crippen LogP contribution in [0.3, 0.4) is 0 Å². The van der Waals surface area contributed by atoms with E-state index in [1.807, 2.05) is 25.1 Å². The second-order valence-corrected chi connectivity index (χ2v) is 6.35. The van der Waals surface area contributed by atoms with Crippen molar-refractivity contribution in [3.8, 4) is 5.69 Å². The predicted octanol–water partition coefficient (Wildman–Crippen LogP) is 3.31. The SMILES string of the molecule is Cc1ccnn1-c1ccc(C(=O)OCC(=O)NCc2ccc(Cl)cc2)cc1. The molecule has 0 aliphatic carbocycles. The Labute approximate surface area is 161 Å². The predicted molar refractivity (Wildman–Crippen MR) is 102 cm³/mol. The summed E-state index contributed by atoms with van der Waals surface area (Å²) in [4.78, 5) is 23.9. The molecule has 0 aliphatic rings. The number of amides is 1. The topological polar surface area (TPSA) is 73.2 Å². The van der Waals surface area contributed by atoms with E-state index >= 15 is 0 Å². The number of aromatic nitrogens is 2. The maximum atomic E-state index is 12.1. The first-order valence-electron chi connectivity index (χ1n) is 8.32. The van der Waals surface area contributed by atoms with Crippen molar-refractivity contribution in [3.63, 3.8) is 0 Å². The van der Waals surface area contributed by atoms with Crippen LogP contribution >= 0.6 is 11.6 Å². The molecule has 0 saturated carbocycles. The molecule has 27 heavy (non-hydrogen) atoms. The van der Waals surface area contributed by atoms with Gasteiger partial charge in [0.25, 0.3) is 5.91 Å². The molecular formula is C20H18ClN3O3. The molecule has 3 rings (SSSR count). The van der Waals surface area contributed by atoms with E-state index in [0.29, 0.717) is 17.1 Å². The number of carbonyl (C=O) groups is 2. The van der Waals surface area contributed by atoms with Crippen LogP contribution in [-0.4, -0.2) is 28.3 Å². The van der Waals surface area contributed by atoms with Crippen molar-refractivity contribution < 1.29 is 14.3 Å². The molecule has 1 amide bonds. The summed E-state index contributed by atoms with van der Waals surface area (Å²) >= 11 is 5.81. The first kappa shape index (κ1) is 18.7. The van der Waals surface area contributed by atoms with Gasteiger partial charge in [-0.25, -0.2) is 9.48 Å². The van der Waals surface area contributed by atoms with E-state index in [9.17, 15) is 9.59 Å². The Balaban J connectivity index is 1.49. The lowest BCUT2D eigenvalue weighted by atomic mass is 10.2. The van der Waals surface area contributed by atoms with E-state index in [2.05, 4.69) is 10.4 Å². The molecule has 1 heterocycles. The van der Waals surface area contributed by atoms with Gasteiger partial charge >= 0.3 is 5.97 Å². The summed E-state index contributed by atoms with van der Waals surface area (Å²) in [5, 5.41) is 7.53. The van der Waals surface area contributed by atoms with E-state index in [4.69, 9.17) is 16.3 Å². The molecule has 0 fully saturated rings. The molecular weight excluding hydrogens is 366 g/mol. The Hall–Kier alpha value is -3.12. The summed E-state index contributed by atoms with van der Waals surface area (Å²) < 4.78 is 6.82. The minimum atomic E-state index is -0.555. The van der Waals surface area contributed by atoms with Gasteiger partial charge in [0.2, 0.25) is 0 Å². The zero-order chi connectivity index (χ0) is 19.2. The highest BCUT2D eigenvalue weighted by Gasteiger charge is 2.11. The van der Waals surface area contributed by atoms with Crippen LogP contribution in [0.1, 0.15) is 21.6 Å². The fourth-order valence-corrected chi connectivity index (χ4v) is 2.57. The fraction of sp³-hybridized carbons (Fsp3) is 0.150. The molecule has 0 aliphatic heterocycles. The highest BCUT2D eigenvalue weighted by Crippen LogP contribution is 2.12. The number of nitrogens with zero attached hydrogens (tertiary/aromatic N) is 2. The molecule has 0 atom stereocenters. The van der Waals surface area contributed by atoms with Crippen molar-refractivity contribution in [2.24, 2.45) is 0 Å². The van der Waals surface area contributed by atoms with E-state index in [1.54, 1.807) is 47.3 Å². The number of halogens is 1. The summed E-state index contributed by atoms with van der Waals surface area (Å²) in [6.07, 6.45) is 1.71. The molecule has 3 aromatic rings. The van der Waals surface area contributed by atoms with Crippen LogP contribution in [0.15, 0.2) is 60.8 Å². The molecule has 1 N–H and O–H groups in total. The van der Waals surface area contributed by atoms with Gasteiger partial charge in [0, 0.05) is 23.5 Å². The lowest BCUT2D eigenvalue weighted by Gasteiger charge is -2.08. The summed E-state index contributed by atoms with van der Waals surface area (Å²) in [7, 11) is 0. The highest BCUT2D eigenvalue weighted by atomic mass is 35.5. The van der Waals surface area contributed by atoms with Crippen LogP contribution in [-0.2, 0) is 16.1 Å². The van der Waals surface area contributed by atoms with Crippen molar-refractivity contribution in [1.29, 1.82) is 0 Å². The van der Waals surface area contributed by atoms with E-state index in [-0.39, 0.29) is 12.5 Å². The average Bonchev–Trinajstić information content (AvgIpc) is 3.11. The van der Waals surface area contributed by atoms with Gasteiger partial charge in [0.05, 0.1) is 11.3 Å². The van der Waals surface area contributed by atoms with Crippen LogP contribution in [0.2, 0.25) is 5.02 Å². The first-order chi connectivity index (χ1) is 13.0. The number of ether oxygens (including phenoxy) is 1. The van der Waals surface area contributed by atoms with Gasteiger partial charge in [-0.2, -0.15) is 5.10 Å². The third kappa shape index (κ3) is 4.95. The largest absolute Gasteiger partial charge is 0.452 e. The number of carbonyl (C=O) groups excluding carboxylic acids is 2. The molecule has 6 nitrogen and oxygen atoms in total. The molecule has 0 unspecified atom stereocenters. The summed E-state index contributed by atoms with van der Waals surface area (Å²) in [6.45, 7) is 1.94. The summed E-state index contributed by atoms with van der Waals surface area (Å²) in [6, 6.07) is 15.9. The average molecular weight is 384 g/mol. The molecule has 7 heteroatoms.